The second-order valence-electron chi connectivity index (χ2n) is 2.82. The second-order valence-corrected chi connectivity index (χ2v) is 2.82. The number of hydrogen-bond acceptors (Lipinski definition) is 4. The molecule has 0 aromatic carbocycles. The Kier molecular flexibility index (Phi) is 2.33. The summed E-state index contributed by atoms with van der Waals surface area (Å²) < 4.78 is 5.01. The molecule has 0 radical (unpaired) electrons. The summed E-state index contributed by atoms with van der Waals surface area (Å²) in [5, 5.41) is 15.7. The van der Waals surface area contributed by atoms with Crippen molar-refractivity contribution < 1.29 is 4.74 Å². The van der Waals surface area contributed by atoms with Crippen LogP contribution in [0.25, 0.3) is 11.3 Å². The normalized spacial score (nSPS) is 9.60. The molecule has 0 fully saturated rings. The van der Waals surface area contributed by atoms with Crippen LogP contribution in [0.15, 0.2) is 24.5 Å². The Hall–Kier alpha value is -2.35. The number of H-pyrrole nitrogens is 1. The van der Waals surface area contributed by atoms with Crippen LogP contribution in [0.4, 0.5) is 0 Å². The number of nitrogens with zero attached hydrogens (tertiary/aromatic N) is 3. The predicted octanol–water partition coefficient (Wildman–Crippen LogP) is 1.35. The lowest BCUT2D eigenvalue weighted by atomic mass is 10.1. The third-order valence-electron chi connectivity index (χ3n) is 2.01. The summed E-state index contributed by atoms with van der Waals surface area (Å²) in [6.07, 6.45) is 3.22. The zero-order chi connectivity index (χ0) is 10.7. The van der Waals surface area contributed by atoms with E-state index in [0.29, 0.717) is 11.4 Å². The number of ether oxygens (including phenoxy) is 1. The van der Waals surface area contributed by atoms with E-state index in [0.717, 1.165) is 11.3 Å². The number of nitrogens with one attached hydrogen (secondary N) is 1. The molecule has 0 aliphatic carbocycles. The molecule has 0 bridgehead atoms. The van der Waals surface area contributed by atoms with Crippen LogP contribution in [0.3, 0.4) is 0 Å². The van der Waals surface area contributed by atoms with Crippen LogP contribution < -0.4 is 4.74 Å². The van der Waals surface area contributed by atoms with E-state index in [-0.39, 0.29) is 0 Å². The lowest BCUT2D eigenvalue weighted by Gasteiger charge is -2.04. The molecule has 2 aromatic rings. The van der Waals surface area contributed by atoms with Crippen molar-refractivity contribution in [1.82, 2.24) is 15.2 Å². The number of nitriles is 1. The van der Waals surface area contributed by atoms with E-state index in [4.69, 9.17) is 10.00 Å². The Morgan fingerprint density at radius 2 is 2.27 bits per heavy atom. The minimum absolute atomic E-state index is 0.324. The van der Waals surface area contributed by atoms with Crippen molar-refractivity contribution >= 4 is 0 Å². The SMILES string of the molecule is COc1nccc(-c2ccn[nH]2)c1C#N. The molecule has 0 saturated heterocycles. The van der Waals surface area contributed by atoms with Gasteiger partial charge in [-0.3, -0.25) is 5.10 Å². The van der Waals surface area contributed by atoms with E-state index in [1.165, 1.54) is 7.11 Å². The molecule has 15 heavy (non-hydrogen) atoms. The zero-order valence-electron chi connectivity index (χ0n) is 8.06. The first-order valence-electron chi connectivity index (χ1n) is 4.29. The molecular formula is C10H8N4O. The minimum Gasteiger partial charge on any atom is -0.480 e. The lowest BCUT2D eigenvalue weighted by Crippen LogP contribution is -1.94. The second kappa shape index (κ2) is 3.80. The summed E-state index contributed by atoms with van der Waals surface area (Å²) in [5.74, 6) is 0.324. The fourth-order valence-electron chi connectivity index (χ4n) is 1.34. The Morgan fingerprint density at radius 1 is 1.40 bits per heavy atom. The fourth-order valence-corrected chi connectivity index (χ4v) is 1.34. The minimum atomic E-state index is 0.324. The molecule has 2 rings (SSSR count). The van der Waals surface area contributed by atoms with E-state index in [9.17, 15) is 0 Å². The molecule has 2 aromatic heterocycles. The molecule has 0 aliphatic rings. The van der Waals surface area contributed by atoms with E-state index in [1.807, 2.05) is 0 Å². The highest BCUT2D eigenvalue weighted by atomic mass is 16.5. The highest BCUT2D eigenvalue weighted by molar-refractivity contribution is 5.69. The maximum atomic E-state index is 9.02. The summed E-state index contributed by atoms with van der Waals surface area (Å²) in [6.45, 7) is 0. The average Bonchev–Trinajstić information content (AvgIpc) is 2.81. The van der Waals surface area contributed by atoms with Gasteiger partial charge in [-0.25, -0.2) is 4.98 Å². The van der Waals surface area contributed by atoms with Gasteiger partial charge in [0.05, 0.1) is 12.8 Å². The van der Waals surface area contributed by atoms with Gasteiger partial charge in [0.1, 0.15) is 11.6 Å². The van der Waals surface area contributed by atoms with Gasteiger partial charge >= 0.3 is 0 Å². The third-order valence-corrected chi connectivity index (χ3v) is 2.01. The number of aromatic amines is 1. The van der Waals surface area contributed by atoms with Crippen LogP contribution in [0, 0.1) is 11.3 Å². The van der Waals surface area contributed by atoms with Crippen molar-refractivity contribution in [3.05, 3.63) is 30.1 Å². The van der Waals surface area contributed by atoms with Gasteiger partial charge in [0.25, 0.3) is 0 Å². The molecule has 0 amide bonds. The first-order valence-corrected chi connectivity index (χ1v) is 4.29. The number of methoxy groups -OCH3 is 1. The predicted molar refractivity (Wildman–Crippen MR) is 53.1 cm³/mol. The first kappa shape index (κ1) is 9.21. The molecule has 74 valence electrons. The smallest absolute Gasteiger partial charge is 0.232 e. The van der Waals surface area contributed by atoms with E-state index < -0.39 is 0 Å². The summed E-state index contributed by atoms with van der Waals surface area (Å²) >= 11 is 0. The molecular weight excluding hydrogens is 192 g/mol. The maximum Gasteiger partial charge on any atom is 0.232 e. The van der Waals surface area contributed by atoms with Gasteiger partial charge in [0.15, 0.2) is 0 Å². The Bertz CT molecular complexity index is 499. The van der Waals surface area contributed by atoms with Gasteiger partial charge in [-0.1, -0.05) is 0 Å². The molecule has 0 saturated carbocycles. The van der Waals surface area contributed by atoms with Gasteiger partial charge < -0.3 is 4.74 Å². The van der Waals surface area contributed by atoms with Crippen molar-refractivity contribution in [2.75, 3.05) is 7.11 Å². The van der Waals surface area contributed by atoms with Crippen molar-refractivity contribution in [1.29, 1.82) is 5.26 Å². The van der Waals surface area contributed by atoms with Gasteiger partial charge in [0.2, 0.25) is 5.88 Å². The monoisotopic (exact) mass is 200 g/mol. The van der Waals surface area contributed by atoms with Crippen LogP contribution in [0.1, 0.15) is 5.56 Å². The topological polar surface area (TPSA) is 74.6 Å². The molecule has 2 heterocycles. The first-order chi connectivity index (χ1) is 7.36. The molecule has 0 aliphatic heterocycles. The molecule has 0 unspecified atom stereocenters. The maximum absolute atomic E-state index is 9.02. The standard InChI is InChI=1S/C10H8N4O/c1-15-10-8(6-11)7(2-4-12-10)9-3-5-13-14-9/h2-5H,1H3,(H,13,14). The van der Waals surface area contributed by atoms with Crippen molar-refractivity contribution in [3.8, 4) is 23.2 Å². The van der Waals surface area contributed by atoms with Gasteiger partial charge in [-0.05, 0) is 12.1 Å². The highest BCUT2D eigenvalue weighted by Gasteiger charge is 2.11. The van der Waals surface area contributed by atoms with Gasteiger partial charge in [-0.2, -0.15) is 10.4 Å². The lowest BCUT2D eigenvalue weighted by molar-refractivity contribution is 0.396. The number of pyridine rings is 1. The molecule has 5 nitrogen and oxygen atoms in total. The Morgan fingerprint density at radius 3 is 2.87 bits per heavy atom. The molecule has 5 heteroatoms. The average molecular weight is 200 g/mol. The summed E-state index contributed by atoms with van der Waals surface area (Å²) in [6, 6.07) is 5.60. The highest BCUT2D eigenvalue weighted by Crippen LogP contribution is 2.26. The van der Waals surface area contributed by atoms with Crippen LogP contribution in [0.2, 0.25) is 0 Å². The number of hydrogen-bond donors (Lipinski definition) is 1. The largest absolute Gasteiger partial charge is 0.480 e. The Labute approximate surface area is 86.3 Å². The van der Waals surface area contributed by atoms with E-state index in [1.54, 1.807) is 24.5 Å². The number of aromatic nitrogens is 3. The van der Waals surface area contributed by atoms with Crippen LogP contribution in [0.5, 0.6) is 5.88 Å². The van der Waals surface area contributed by atoms with Crippen LogP contribution in [-0.2, 0) is 0 Å². The van der Waals surface area contributed by atoms with Gasteiger partial charge in [-0.15, -0.1) is 0 Å². The van der Waals surface area contributed by atoms with Crippen LogP contribution >= 0.6 is 0 Å². The molecule has 0 spiro atoms. The van der Waals surface area contributed by atoms with Crippen molar-refractivity contribution in [3.63, 3.8) is 0 Å². The molecule has 0 atom stereocenters. The van der Waals surface area contributed by atoms with E-state index >= 15 is 0 Å². The third kappa shape index (κ3) is 1.53. The van der Waals surface area contributed by atoms with Gasteiger partial charge in [0, 0.05) is 18.0 Å². The van der Waals surface area contributed by atoms with E-state index in [2.05, 4.69) is 21.3 Å². The van der Waals surface area contributed by atoms with Crippen molar-refractivity contribution in [2.45, 2.75) is 0 Å². The van der Waals surface area contributed by atoms with Crippen molar-refractivity contribution in [2.24, 2.45) is 0 Å². The van der Waals surface area contributed by atoms with Crippen LogP contribution in [-0.4, -0.2) is 22.3 Å². The fraction of sp³-hybridized carbons (Fsp3) is 0.100. The summed E-state index contributed by atoms with van der Waals surface area (Å²) in [5.41, 5.74) is 1.92. The number of rotatable bonds is 2. The summed E-state index contributed by atoms with van der Waals surface area (Å²) in [4.78, 5) is 3.96. The molecule has 1 N–H and O–H groups in total. The quantitative estimate of drug-likeness (QED) is 0.794. The Balaban J connectivity index is 2.63. The zero-order valence-corrected chi connectivity index (χ0v) is 8.06. The summed E-state index contributed by atoms with van der Waals surface area (Å²) in [7, 11) is 1.49.